The van der Waals surface area contributed by atoms with Crippen molar-refractivity contribution in [2.45, 2.75) is 6.42 Å². The average molecular weight is 500 g/mol. The molecule has 1 saturated heterocycles. The van der Waals surface area contributed by atoms with Gasteiger partial charge in [-0.05, 0) is 29.0 Å². The molecule has 182 valence electrons. The first-order chi connectivity index (χ1) is 17.7. The van der Waals surface area contributed by atoms with Crippen molar-refractivity contribution in [1.82, 2.24) is 30.0 Å². The molecule has 4 heterocycles. The summed E-state index contributed by atoms with van der Waals surface area (Å²) in [6, 6.07) is 20.1. The van der Waals surface area contributed by atoms with Crippen molar-refractivity contribution >= 4 is 44.2 Å². The number of carbonyl (C=O) groups excluding carboxylic acids is 1. The third-order valence-corrected chi connectivity index (χ3v) is 7.45. The van der Waals surface area contributed by atoms with Crippen molar-refractivity contribution in [3.8, 4) is 10.4 Å². The Balaban J connectivity index is 1.03. The summed E-state index contributed by atoms with van der Waals surface area (Å²) in [5.74, 6) is 1.13. The van der Waals surface area contributed by atoms with E-state index in [0.717, 1.165) is 53.2 Å². The van der Waals surface area contributed by atoms with E-state index < -0.39 is 0 Å². The summed E-state index contributed by atoms with van der Waals surface area (Å²) in [7, 11) is 0. The maximum absolute atomic E-state index is 12.6. The van der Waals surface area contributed by atoms with E-state index in [-0.39, 0.29) is 12.4 Å². The van der Waals surface area contributed by atoms with E-state index >= 15 is 0 Å². The topological polar surface area (TPSA) is 89.3 Å². The molecule has 0 atom stereocenters. The second-order valence-corrected chi connectivity index (χ2v) is 9.76. The Labute approximate surface area is 211 Å². The number of Topliss-reactive ketones (excluding diaryl/α,β-unsaturated/α-hetero) is 1. The summed E-state index contributed by atoms with van der Waals surface area (Å²) in [5, 5.41) is 9.14. The van der Waals surface area contributed by atoms with Gasteiger partial charge in [0, 0.05) is 37.5 Å². The number of anilines is 1. The van der Waals surface area contributed by atoms with Gasteiger partial charge < -0.3 is 9.74 Å². The second kappa shape index (κ2) is 10.00. The van der Waals surface area contributed by atoms with Crippen molar-refractivity contribution in [3.05, 3.63) is 67.0 Å². The molecule has 36 heavy (non-hydrogen) atoms. The van der Waals surface area contributed by atoms with Crippen molar-refractivity contribution in [3.63, 3.8) is 0 Å². The second-order valence-electron chi connectivity index (χ2n) is 8.73. The highest BCUT2D eigenvalue weighted by atomic mass is 32.1. The van der Waals surface area contributed by atoms with Gasteiger partial charge >= 0.3 is 0 Å². The van der Waals surface area contributed by atoms with E-state index in [1.807, 2.05) is 30.3 Å². The molecule has 6 rings (SSSR count). The van der Waals surface area contributed by atoms with E-state index in [9.17, 15) is 4.79 Å². The predicted molar refractivity (Wildman–Crippen MR) is 140 cm³/mol. The number of rotatable bonds is 8. The number of hydrogen-bond acceptors (Lipinski definition) is 9. The van der Waals surface area contributed by atoms with Crippen molar-refractivity contribution < 1.29 is 9.63 Å². The average Bonchev–Trinajstić information content (AvgIpc) is 3.54. The summed E-state index contributed by atoms with van der Waals surface area (Å²) in [5.41, 5.74) is 2.75. The lowest BCUT2D eigenvalue weighted by atomic mass is 10.2. The highest BCUT2D eigenvalue weighted by Crippen LogP contribution is 2.36. The molecule has 0 aliphatic carbocycles. The third kappa shape index (κ3) is 4.65. The van der Waals surface area contributed by atoms with Crippen molar-refractivity contribution in [2.24, 2.45) is 0 Å². The number of piperazine rings is 1. The molecule has 0 bridgehead atoms. The molecule has 1 aliphatic rings. The molecule has 5 aromatic rings. The Morgan fingerprint density at radius 3 is 2.64 bits per heavy atom. The Morgan fingerprint density at radius 1 is 0.972 bits per heavy atom. The quantitative estimate of drug-likeness (QED) is 0.321. The highest BCUT2D eigenvalue weighted by Gasteiger charge is 2.22. The molecular formula is C26H25N7O2S. The minimum atomic E-state index is 0.155. The zero-order valence-corrected chi connectivity index (χ0v) is 20.5. The largest absolute Gasteiger partial charge is 0.395 e. The summed E-state index contributed by atoms with van der Waals surface area (Å²) in [4.78, 5) is 35.4. The molecule has 10 heteroatoms. The van der Waals surface area contributed by atoms with Gasteiger partial charge in [-0.2, -0.15) is 0 Å². The fourth-order valence-corrected chi connectivity index (χ4v) is 5.47. The van der Waals surface area contributed by atoms with E-state index in [4.69, 9.17) is 4.84 Å². The van der Waals surface area contributed by atoms with Gasteiger partial charge in [0.1, 0.15) is 40.4 Å². The van der Waals surface area contributed by atoms with Crippen LogP contribution in [0.4, 0.5) is 5.82 Å². The van der Waals surface area contributed by atoms with Crippen LogP contribution in [0, 0.1) is 0 Å². The van der Waals surface area contributed by atoms with Crippen LogP contribution in [0.15, 0.2) is 67.0 Å². The molecule has 0 radical (unpaired) electrons. The van der Waals surface area contributed by atoms with Crippen molar-refractivity contribution in [1.29, 1.82) is 0 Å². The normalized spacial score (nSPS) is 14.5. The minimum absolute atomic E-state index is 0.155. The molecule has 0 spiro atoms. The van der Waals surface area contributed by atoms with E-state index in [2.05, 4.69) is 60.4 Å². The Morgan fingerprint density at radius 2 is 1.78 bits per heavy atom. The molecule has 1 aliphatic heterocycles. The van der Waals surface area contributed by atoms with Gasteiger partial charge in [0.25, 0.3) is 0 Å². The van der Waals surface area contributed by atoms with Gasteiger partial charge in [-0.1, -0.05) is 47.3 Å². The highest BCUT2D eigenvalue weighted by molar-refractivity contribution is 7.21. The molecule has 3 aromatic heterocycles. The first-order valence-corrected chi connectivity index (χ1v) is 12.8. The van der Waals surface area contributed by atoms with E-state index in [1.54, 1.807) is 17.7 Å². The van der Waals surface area contributed by atoms with Gasteiger partial charge in [0.15, 0.2) is 0 Å². The molecule has 0 N–H and O–H groups in total. The van der Waals surface area contributed by atoms with Gasteiger partial charge in [-0.3, -0.25) is 9.69 Å². The Hall–Kier alpha value is -3.89. The lowest BCUT2D eigenvalue weighted by Gasteiger charge is -2.35. The maximum atomic E-state index is 12.6. The molecule has 0 unspecified atom stereocenters. The zero-order chi connectivity index (χ0) is 24.3. The van der Waals surface area contributed by atoms with Crippen LogP contribution < -0.4 is 9.74 Å². The van der Waals surface area contributed by atoms with Crippen molar-refractivity contribution in [2.75, 3.05) is 44.2 Å². The number of thiophene rings is 1. The van der Waals surface area contributed by atoms with Crippen LogP contribution in [0.2, 0.25) is 0 Å². The standard InChI is InChI=1S/C26H25N7O2S/c34-20(10-15-35-33-23-9-5-4-8-22(23)29-30-33)17-31-11-13-32(14-12-31)25-21-16-24(19-6-2-1-3-7-19)36-26(21)28-18-27-25/h1-9,16,18H,10-15,17H2. The smallest absolute Gasteiger partial charge is 0.150 e. The van der Waals surface area contributed by atoms with Crippen LogP contribution >= 0.6 is 11.3 Å². The zero-order valence-electron chi connectivity index (χ0n) is 19.7. The Bertz CT molecular complexity index is 1490. The lowest BCUT2D eigenvalue weighted by molar-refractivity contribution is -0.121. The predicted octanol–water partition coefficient (Wildman–Crippen LogP) is 3.31. The SMILES string of the molecule is O=C(CCOn1nnc2ccccc21)CN1CCN(c2ncnc3sc(-c4ccccc4)cc23)CC1. The fraction of sp³-hybridized carbons (Fsp3) is 0.269. The summed E-state index contributed by atoms with van der Waals surface area (Å²) >= 11 is 1.69. The van der Waals surface area contributed by atoms with Crippen LogP contribution in [-0.4, -0.2) is 75.1 Å². The first-order valence-electron chi connectivity index (χ1n) is 12.0. The maximum Gasteiger partial charge on any atom is 0.150 e. The molecular weight excluding hydrogens is 474 g/mol. The minimum Gasteiger partial charge on any atom is -0.395 e. The number of ketones is 1. The summed E-state index contributed by atoms with van der Waals surface area (Å²) in [6.07, 6.45) is 1.98. The van der Waals surface area contributed by atoms with Crippen LogP contribution in [0.25, 0.3) is 31.7 Å². The molecule has 9 nitrogen and oxygen atoms in total. The molecule has 2 aromatic carbocycles. The van der Waals surface area contributed by atoms with Gasteiger partial charge in [-0.25, -0.2) is 9.97 Å². The summed E-state index contributed by atoms with van der Waals surface area (Å²) in [6.45, 7) is 3.94. The Kier molecular flexibility index (Phi) is 6.27. The number of nitrogens with zero attached hydrogens (tertiary/aromatic N) is 7. The van der Waals surface area contributed by atoms with Crippen LogP contribution in [0.1, 0.15) is 6.42 Å². The van der Waals surface area contributed by atoms with Crippen LogP contribution in [0.5, 0.6) is 0 Å². The van der Waals surface area contributed by atoms with Crippen LogP contribution in [-0.2, 0) is 4.79 Å². The number of fused-ring (bicyclic) bond motifs is 2. The van der Waals surface area contributed by atoms with E-state index in [0.29, 0.717) is 13.0 Å². The lowest BCUT2D eigenvalue weighted by Crippen LogP contribution is -2.48. The first kappa shape index (κ1) is 22.6. The molecule has 0 saturated carbocycles. The third-order valence-electron chi connectivity index (χ3n) is 6.35. The summed E-state index contributed by atoms with van der Waals surface area (Å²) < 4.78 is 0. The monoisotopic (exact) mass is 499 g/mol. The number of aromatic nitrogens is 5. The van der Waals surface area contributed by atoms with Crippen LogP contribution in [0.3, 0.4) is 0 Å². The van der Waals surface area contributed by atoms with Gasteiger partial charge in [0.2, 0.25) is 0 Å². The number of benzene rings is 2. The van der Waals surface area contributed by atoms with Gasteiger partial charge in [-0.15, -0.1) is 16.4 Å². The molecule has 1 fully saturated rings. The molecule has 0 amide bonds. The van der Waals surface area contributed by atoms with Gasteiger partial charge in [0.05, 0.1) is 11.9 Å². The number of hydrogen-bond donors (Lipinski definition) is 0. The van der Waals surface area contributed by atoms with E-state index in [1.165, 1.54) is 15.3 Å². The number of carbonyl (C=O) groups is 1. The number of para-hydroxylation sites is 1. The fourth-order valence-electron chi connectivity index (χ4n) is 4.47.